The first kappa shape index (κ1) is 12.8. The number of carbonyl (C=O) groups excluding carboxylic acids is 1. The summed E-state index contributed by atoms with van der Waals surface area (Å²) in [6.07, 6.45) is 3.28. The lowest BCUT2D eigenvalue weighted by atomic mass is 10.0. The van der Waals surface area contributed by atoms with Crippen LogP contribution >= 0.6 is 15.9 Å². The third-order valence-electron chi connectivity index (χ3n) is 3.43. The van der Waals surface area contributed by atoms with Crippen molar-refractivity contribution >= 4 is 21.8 Å². The summed E-state index contributed by atoms with van der Waals surface area (Å²) in [7, 11) is 0. The minimum absolute atomic E-state index is 0.151. The molecule has 19 heavy (non-hydrogen) atoms. The van der Waals surface area contributed by atoms with Gasteiger partial charge < -0.3 is 14.8 Å². The Morgan fingerprint density at radius 2 is 2.16 bits per heavy atom. The Labute approximate surface area is 120 Å². The number of fused-ring (bicyclic) bond motifs is 1. The van der Waals surface area contributed by atoms with E-state index in [2.05, 4.69) is 27.3 Å². The van der Waals surface area contributed by atoms with E-state index in [0.717, 1.165) is 40.8 Å². The summed E-state index contributed by atoms with van der Waals surface area (Å²) >= 11 is 3.54. The minimum Gasteiger partial charge on any atom is -0.490 e. The van der Waals surface area contributed by atoms with Gasteiger partial charge >= 0.3 is 0 Å². The molecule has 1 aromatic rings. The Bertz CT molecular complexity index is 504. The van der Waals surface area contributed by atoms with Gasteiger partial charge in [0.15, 0.2) is 11.5 Å². The second-order valence-corrected chi connectivity index (χ2v) is 5.82. The summed E-state index contributed by atoms with van der Waals surface area (Å²) in [6, 6.07) is 4.32. The molecule has 0 bridgehead atoms. The Kier molecular flexibility index (Phi) is 3.64. The quantitative estimate of drug-likeness (QED) is 0.908. The van der Waals surface area contributed by atoms with E-state index in [1.807, 2.05) is 6.07 Å². The predicted molar refractivity (Wildman–Crippen MR) is 74.6 cm³/mol. The maximum Gasteiger partial charge on any atom is 0.220 e. The molecule has 2 aliphatic rings. The van der Waals surface area contributed by atoms with Crippen LogP contribution in [0.3, 0.4) is 0 Å². The normalized spacial score (nSPS) is 21.9. The van der Waals surface area contributed by atoms with Crippen molar-refractivity contribution in [2.45, 2.75) is 31.7 Å². The van der Waals surface area contributed by atoms with E-state index in [9.17, 15) is 4.79 Å². The van der Waals surface area contributed by atoms with Crippen LogP contribution in [0.2, 0.25) is 0 Å². The number of hydrogen-bond donors (Lipinski definition) is 1. The predicted octanol–water partition coefficient (Wildman–Crippen LogP) is 2.43. The van der Waals surface area contributed by atoms with Crippen LogP contribution in [0.25, 0.3) is 0 Å². The van der Waals surface area contributed by atoms with Crippen molar-refractivity contribution in [3.8, 4) is 11.5 Å². The SMILES string of the molecule is O=C1CCC(Cc2cc(Br)c3c(c2)OCCCO3)N1. The Hall–Kier alpha value is -1.23. The van der Waals surface area contributed by atoms with Crippen molar-refractivity contribution in [3.05, 3.63) is 22.2 Å². The van der Waals surface area contributed by atoms with Crippen molar-refractivity contribution in [2.24, 2.45) is 0 Å². The lowest BCUT2D eigenvalue weighted by Crippen LogP contribution is -2.27. The average Bonchev–Trinajstić information content (AvgIpc) is 2.64. The maximum atomic E-state index is 11.2. The highest BCUT2D eigenvalue weighted by molar-refractivity contribution is 9.10. The number of nitrogens with one attached hydrogen (secondary N) is 1. The zero-order valence-electron chi connectivity index (χ0n) is 10.6. The smallest absolute Gasteiger partial charge is 0.220 e. The van der Waals surface area contributed by atoms with E-state index in [1.165, 1.54) is 0 Å². The molecule has 2 aliphatic heterocycles. The van der Waals surface area contributed by atoms with E-state index >= 15 is 0 Å². The number of amides is 1. The van der Waals surface area contributed by atoms with Gasteiger partial charge in [-0.1, -0.05) is 0 Å². The number of carbonyl (C=O) groups is 1. The molecular weight excluding hydrogens is 310 g/mol. The van der Waals surface area contributed by atoms with Gasteiger partial charge in [-0.3, -0.25) is 4.79 Å². The van der Waals surface area contributed by atoms with Crippen LogP contribution in [0, 0.1) is 0 Å². The fraction of sp³-hybridized carbons (Fsp3) is 0.500. The molecular formula is C14H16BrNO3. The highest BCUT2D eigenvalue weighted by atomic mass is 79.9. The van der Waals surface area contributed by atoms with Crippen LogP contribution in [0.1, 0.15) is 24.8 Å². The van der Waals surface area contributed by atoms with Gasteiger partial charge in [0.1, 0.15) is 0 Å². The van der Waals surface area contributed by atoms with Gasteiger partial charge in [0.25, 0.3) is 0 Å². The largest absolute Gasteiger partial charge is 0.490 e. The van der Waals surface area contributed by atoms with Crippen LogP contribution in [-0.4, -0.2) is 25.2 Å². The van der Waals surface area contributed by atoms with Gasteiger partial charge in [-0.2, -0.15) is 0 Å². The molecule has 1 fully saturated rings. The topological polar surface area (TPSA) is 47.6 Å². The first-order chi connectivity index (χ1) is 9.22. The van der Waals surface area contributed by atoms with Gasteiger partial charge in [0.05, 0.1) is 17.7 Å². The number of benzene rings is 1. The number of rotatable bonds is 2. The van der Waals surface area contributed by atoms with Crippen molar-refractivity contribution in [1.29, 1.82) is 0 Å². The second kappa shape index (κ2) is 5.41. The second-order valence-electron chi connectivity index (χ2n) is 4.96. The number of ether oxygens (including phenoxy) is 2. The van der Waals surface area contributed by atoms with Gasteiger partial charge in [0.2, 0.25) is 5.91 Å². The molecule has 0 radical (unpaired) electrons. The van der Waals surface area contributed by atoms with Crippen LogP contribution in [0.5, 0.6) is 11.5 Å². The lowest BCUT2D eigenvalue weighted by molar-refractivity contribution is -0.119. The first-order valence-corrected chi connectivity index (χ1v) is 7.39. The van der Waals surface area contributed by atoms with Gasteiger partial charge in [-0.05, 0) is 46.5 Å². The van der Waals surface area contributed by atoms with Crippen molar-refractivity contribution < 1.29 is 14.3 Å². The Morgan fingerprint density at radius 3 is 2.95 bits per heavy atom. The zero-order valence-corrected chi connectivity index (χ0v) is 12.2. The molecule has 3 rings (SSSR count). The van der Waals surface area contributed by atoms with Crippen LogP contribution in [-0.2, 0) is 11.2 Å². The molecule has 1 atom stereocenters. The summed E-state index contributed by atoms with van der Waals surface area (Å²) < 4.78 is 12.3. The molecule has 2 heterocycles. The minimum atomic E-state index is 0.151. The number of hydrogen-bond acceptors (Lipinski definition) is 3. The van der Waals surface area contributed by atoms with E-state index in [4.69, 9.17) is 9.47 Å². The molecule has 0 aromatic heterocycles. The fourth-order valence-corrected chi connectivity index (χ4v) is 3.12. The molecule has 5 heteroatoms. The third-order valence-corrected chi connectivity index (χ3v) is 4.02. The third kappa shape index (κ3) is 2.86. The van der Waals surface area contributed by atoms with Crippen molar-refractivity contribution in [3.63, 3.8) is 0 Å². The molecule has 1 amide bonds. The molecule has 0 spiro atoms. The van der Waals surface area contributed by atoms with E-state index in [1.54, 1.807) is 0 Å². The van der Waals surface area contributed by atoms with E-state index in [0.29, 0.717) is 19.6 Å². The first-order valence-electron chi connectivity index (χ1n) is 6.60. The molecule has 0 aliphatic carbocycles. The van der Waals surface area contributed by atoms with Crippen molar-refractivity contribution in [2.75, 3.05) is 13.2 Å². The van der Waals surface area contributed by atoms with Gasteiger partial charge in [-0.25, -0.2) is 0 Å². The molecule has 1 aromatic carbocycles. The maximum absolute atomic E-state index is 11.2. The molecule has 0 saturated carbocycles. The molecule has 1 N–H and O–H groups in total. The monoisotopic (exact) mass is 325 g/mol. The summed E-state index contributed by atoms with van der Waals surface area (Å²) in [6.45, 7) is 1.37. The molecule has 102 valence electrons. The summed E-state index contributed by atoms with van der Waals surface area (Å²) in [4.78, 5) is 11.2. The lowest BCUT2D eigenvalue weighted by Gasteiger charge is -2.14. The Morgan fingerprint density at radius 1 is 1.32 bits per heavy atom. The van der Waals surface area contributed by atoms with Crippen molar-refractivity contribution in [1.82, 2.24) is 5.32 Å². The van der Waals surface area contributed by atoms with Crippen LogP contribution < -0.4 is 14.8 Å². The molecule has 4 nitrogen and oxygen atoms in total. The summed E-state index contributed by atoms with van der Waals surface area (Å²) in [5, 5.41) is 2.99. The average molecular weight is 326 g/mol. The fourth-order valence-electron chi connectivity index (χ4n) is 2.52. The molecule has 1 saturated heterocycles. The number of halogens is 1. The zero-order chi connectivity index (χ0) is 13.2. The van der Waals surface area contributed by atoms with Gasteiger partial charge in [-0.15, -0.1) is 0 Å². The van der Waals surface area contributed by atoms with Crippen LogP contribution in [0.15, 0.2) is 16.6 Å². The standard InChI is InChI=1S/C14H16BrNO3/c15-11-7-9(6-10-2-3-13(17)16-10)8-12-14(11)19-5-1-4-18-12/h7-8,10H,1-6H2,(H,16,17). The summed E-state index contributed by atoms with van der Waals surface area (Å²) in [5.74, 6) is 1.74. The van der Waals surface area contributed by atoms with E-state index < -0.39 is 0 Å². The molecule has 1 unspecified atom stereocenters. The summed E-state index contributed by atoms with van der Waals surface area (Å²) in [5.41, 5.74) is 1.16. The van der Waals surface area contributed by atoms with Gasteiger partial charge in [0, 0.05) is 18.9 Å². The van der Waals surface area contributed by atoms with E-state index in [-0.39, 0.29) is 11.9 Å². The highest BCUT2D eigenvalue weighted by Gasteiger charge is 2.22. The Balaban J connectivity index is 1.81. The van der Waals surface area contributed by atoms with Crippen LogP contribution in [0.4, 0.5) is 0 Å². The highest BCUT2D eigenvalue weighted by Crippen LogP contribution is 2.38.